The van der Waals surface area contributed by atoms with Crippen molar-refractivity contribution in [2.45, 2.75) is 32.2 Å². The van der Waals surface area contributed by atoms with Crippen molar-refractivity contribution in [2.75, 3.05) is 31.6 Å². The molecule has 3 heterocycles. The number of hydrogen-bond donors (Lipinski definition) is 1. The number of phenolic OH excluding ortho intramolecular Hbond substituents is 1. The van der Waals surface area contributed by atoms with E-state index in [-0.39, 0.29) is 5.75 Å². The van der Waals surface area contributed by atoms with Crippen molar-refractivity contribution in [1.82, 2.24) is 15.1 Å². The fourth-order valence-corrected chi connectivity index (χ4v) is 4.21. The van der Waals surface area contributed by atoms with Crippen molar-refractivity contribution in [3.63, 3.8) is 0 Å². The maximum absolute atomic E-state index is 10.4. The number of aryl methyl sites for hydroxylation is 2. The fraction of sp³-hybridized carbons (Fsp3) is 0.450. The van der Waals surface area contributed by atoms with Gasteiger partial charge in [-0.1, -0.05) is 0 Å². The van der Waals surface area contributed by atoms with E-state index in [1.165, 1.54) is 11.6 Å². The molecule has 1 atom stereocenters. The van der Waals surface area contributed by atoms with E-state index in [0.29, 0.717) is 22.9 Å². The van der Waals surface area contributed by atoms with Crippen LogP contribution >= 0.6 is 0 Å². The topological polar surface area (TPSA) is 76.3 Å². The number of likely N-dealkylation sites (tertiary alicyclic amines) is 1. The van der Waals surface area contributed by atoms with E-state index in [2.05, 4.69) is 39.2 Å². The molecule has 0 aliphatic carbocycles. The molecule has 2 aliphatic rings. The van der Waals surface area contributed by atoms with Crippen LogP contribution < -0.4 is 4.90 Å². The number of nitriles is 1. The Balaban J connectivity index is 1.71. The van der Waals surface area contributed by atoms with E-state index in [0.717, 1.165) is 50.3 Å². The highest BCUT2D eigenvalue weighted by molar-refractivity contribution is 5.73. The summed E-state index contributed by atoms with van der Waals surface area (Å²) >= 11 is 0. The van der Waals surface area contributed by atoms with Gasteiger partial charge < -0.3 is 14.9 Å². The van der Waals surface area contributed by atoms with Gasteiger partial charge in [-0.3, -0.25) is 0 Å². The number of phenols is 1. The zero-order valence-electron chi connectivity index (χ0n) is 15.2. The van der Waals surface area contributed by atoms with E-state index in [1.54, 1.807) is 6.07 Å². The molecule has 0 amide bonds. The second kappa shape index (κ2) is 6.58. The maximum Gasteiger partial charge on any atom is 0.154 e. The summed E-state index contributed by atoms with van der Waals surface area (Å²) in [6.45, 7) is 5.11. The van der Waals surface area contributed by atoms with Gasteiger partial charge in [0.15, 0.2) is 5.82 Å². The Labute approximate surface area is 153 Å². The second-order valence-corrected chi connectivity index (χ2v) is 7.38. The largest absolute Gasteiger partial charge is 0.507 e. The number of aromatic hydroxyl groups is 1. The molecule has 134 valence electrons. The number of nitrogens with zero attached hydrogens (tertiary/aromatic N) is 5. The number of rotatable bonds is 2. The summed E-state index contributed by atoms with van der Waals surface area (Å²) in [5.74, 6) is 1.08. The van der Waals surface area contributed by atoms with Gasteiger partial charge in [-0.25, -0.2) is 0 Å². The first-order chi connectivity index (χ1) is 12.6. The van der Waals surface area contributed by atoms with E-state index in [9.17, 15) is 5.11 Å². The highest BCUT2D eigenvalue weighted by atomic mass is 16.3. The molecule has 6 nitrogen and oxygen atoms in total. The van der Waals surface area contributed by atoms with Crippen molar-refractivity contribution in [3.05, 3.63) is 34.9 Å². The van der Waals surface area contributed by atoms with Crippen LogP contribution in [0.25, 0.3) is 11.3 Å². The Kier molecular flexibility index (Phi) is 4.25. The molecule has 2 aliphatic heterocycles. The second-order valence-electron chi connectivity index (χ2n) is 7.38. The Morgan fingerprint density at radius 1 is 1.23 bits per heavy atom. The minimum absolute atomic E-state index is 0.0842. The first-order valence-electron chi connectivity index (χ1n) is 9.12. The fourth-order valence-electron chi connectivity index (χ4n) is 4.21. The van der Waals surface area contributed by atoms with Crippen LogP contribution in [0.1, 0.15) is 29.5 Å². The van der Waals surface area contributed by atoms with E-state index < -0.39 is 0 Å². The molecule has 26 heavy (non-hydrogen) atoms. The SMILES string of the molecule is Cc1cc(C#N)cc(O)c1-c1cc2c(nn1)N([C@H]1CCN(C)C1)CCC2. The summed E-state index contributed by atoms with van der Waals surface area (Å²) in [7, 11) is 2.16. The van der Waals surface area contributed by atoms with Gasteiger partial charge in [-0.2, -0.15) is 5.26 Å². The molecule has 1 N–H and O–H groups in total. The number of anilines is 1. The van der Waals surface area contributed by atoms with Crippen molar-refractivity contribution < 1.29 is 5.11 Å². The molecule has 4 rings (SSSR count). The lowest BCUT2D eigenvalue weighted by Crippen LogP contribution is -2.41. The zero-order chi connectivity index (χ0) is 18.3. The smallest absolute Gasteiger partial charge is 0.154 e. The monoisotopic (exact) mass is 349 g/mol. The predicted molar refractivity (Wildman–Crippen MR) is 100 cm³/mol. The highest BCUT2D eigenvalue weighted by Gasteiger charge is 2.30. The quantitative estimate of drug-likeness (QED) is 0.898. The van der Waals surface area contributed by atoms with Crippen LogP contribution in [0.2, 0.25) is 0 Å². The minimum atomic E-state index is 0.0842. The molecule has 0 spiro atoms. The Bertz CT molecular complexity index is 865. The van der Waals surface area contributed by atoms with Crippen LogP contribution in [-0.2, 0) is 6.42 Å². The van der Waals surface area contributed by atoms with Crippen molar-refractivity contribution in [2.24, 2.45) is 0 Å². The Morgan fingerprint density at radius 3 is 2.77 bits per heavy atom. The van der Waals surface area contributed by atoms with Crippen LogP contribution in [-0.4, -0.2) is 52.9 Å². The summed E-state index contributed by atoms with van der Waals surface area (Å²) < 4.78 is 0. The van der Waals surface area contributed by atoms with Crippen LogP contribution in [0.15, 0.2) is 18.2 Å². The Morgan fingerprint density at radius 2 is 2.08 bits per heavy atom. The third-order valence-corrected chi connectivity index (χ3v) is 5.47. The maximum atomic E-state index is 10.4. The Hall–Kier alpha value is -2.65. The average Bonchev–Trinajstić information content (AvgIpc) is 3.06. The van der Waals surface area contributed by atoms with E-state index in [4.69, 9.17) is 5.26 Å². The van der Waals surface area contributed by atoms with Crippen LogP contribution in [0.5, 0.6) is 5.75 Å². The van der Waals surface area contributed by atoms with Crippen LogP contribution in [0, 0.1) is 18.3 Å². The molecule has 1 aromatic heterocycles. The molecule has 1 fully saturated rings. The molecule has 2 aromatic rings. The molecule has 1 saturated heterocycles. The lowest BCUT2D eigenvalue weighted by molar-refractivity contribution is 0.405. The first-order valence-corrected chi connectivity index (χ1v) is 9.12. The van der Waals surface area contributed by atoms with Crippen molar-refractivity contribution in [1.29, 1.82) is 5.26 Å². The molecule has 0 radical (unpaired) electrons. The summed E-state index contributed by atoms with van der Waals surface area (Å²) in [4.78, 5) is 4.77. The number of fused-ring (bicyclic) bond motifs is 1. The van der Waals surface area contributed by atoms with Gasteiger partial charge in [0, 0.05) is 24.7 Å². The summed E-state index contributed by atoms with van der Waals surface area (Å²) in [6.07, 6.45) is 3.25. The highest BCUT2D eigenvalue weighted by Crippen LogP contribution is 2.36. The number of hydrogen-bond acceptors (Lipinski definition) is 6. The van der Waals surface area contributed by atoms with Gasteiger partial charge in [0.05, 0.1) is 17.3 Å². The lowest BCUT2D eigenvalue weighted by atomic mass is 9.98. The lowest BCUT2D eigenvalue weighted by Gasteiger charge is -2.34. The minimum Gasteiger partial charge on any atom is -0.507 e. The zero-order valence-corrected chi connectivity index (χ0v) is 15.2. The number of aromatic nitrogens is 2. The predicted octanol–water partition coefficient (Wildman–Crippen LogP) is 2.49. The molecular weight excluding hydrogens is 326 g/mol. The molecule has 0 unspecified atom stereocenters. The summed E-state index contributed by atoms with van der Waals surface area (Å²) in [5.41, 5.74) is 3.82. The molecule has 0 bridgehead atoms. The van der Waals surface area contributed by atoms with Gasteiger partial charge in [-0.05, 0) is 69.1 Å². The molecule has 1 aromatic carbocycles. The standard InChI is InChI=1S/C20H23N5O/c1-13-8-14(11-21)9-18(26)19(13)17-10-15-4-3-6-25(20(15)23-22-17)16-5-7-24(2)12-16/h8-10,16,26H,3-7,12H2,1-2H3/t16-/m0/s1. The van der Waals surface area contributed by atoms with Crippen molar-refractivity contribution >= 4 is 5.82 Å². The van der Waals surface area contributed by atoms with E-state index in [1.807, 2.05) is 6.92 Å². The van der Waals surface area contributed by atoms with Crippen molar-refractivity contribution in [3.8, 4) is 23.1 Å². The van der Waals surface area contributed by atoms with Crippen LogP contribution in [0.4, 0.5) is 5.82 Å². The molecule has 6 heteroatoms. The van der Waals surface area contributed by atoms with Gasteiger partial charge in [0.1, 0.15) is 5.75 Å². The van der Waals surface area contributed by atoms with Crippen LogP contribution in [0.3, 0.4) is 0 Å². The van der Waals surface area contributed by atoms with Gasteiger partial charge in [0.25, 0.3) is 0 Å². The summed E-state index contributed by atoms with van der Waals surface area (Å²) in [6, 6.07) is 7.90. The third kappa shape index (κ3) is 2.89. The molecular formula is C20H23N5O. The van der Waals surface area contributed by atoms with Gasteiger partial charge in [0.2, 0.25) is 0 Å². The molecule has 0 saturated carbocycles. The summed E-state index contributed by atoms with van der Waals surface area (Å²) in [5, 5.41) is 28.4. The first kappa shape index (κ1) is 16.8. The van der Waals surface area contributed by atoms with Gasteiger partial charge >= 0.3 is 0 Å². The van der Waals surface area contributed by atoms with E-state index >= 15 is 0 Å². The van der Waals surface area contributed by atoms with Gasteiger partial charge in [-0.15, -0.1) is 10.2 Å². The number of benzene rings is 1. The number of likely N-dealkylation sites (N-methyl/N-ethyl adjacent to an activating group) is 1. The third-order valence-electron chi connectivity index (χ3n) is 5.47. The average molecular weight is 349 g/mol. The normalized spacial score (nSPS) is 20.0.